The molecule has 1 unspecified atom stereocenters. The predicted molar refractivity (Wildman–Crippen MR) is 62.4 cm³/mol. The lowest BCUT2D eigenvalue weighted by Gasteiger charge is -2.11. The summed E-state index contributed by atoms with van der Waals surface area (Å²) >= 11 is 5.38. The van der Waals surface area contributed by atoms with Gasteiger partial charge in [-0.3, -0.25) is 4.79 Å². The van der Waals surface area contributed by atoms with E-state index in [1.54, 1.807) is 0 Å². The van der Waals surface area contributed by atoms with Crippen LogP contribution < -0.4 is 5.32 Å². The second-order valence-corrected chi connectivity index (χ2v) is 4.77. The van der Waals surface area contributed by atoms with Gasteiger partial charge in [0.05, 0.1) is 16.7 Å². The van der Waals surface area contributed by atoms with Crippen LogP contribution in [0.1, 0.15) is 23.2 Å². The largest absolute Gasteiger partial charge is 0.391 e. The third-order valence-corrected chi connectivity index (χ3v) is 3.18. The number of amides is 1. The van der Waals surface area contributed by atoms with Gasteiger partial charge >= 0.3 is 0 Å². The van der Waals surface area contributed by atoms with Crippen LogP contribution in [0.25, 0.3) is 0 Å². The molecule has 1 atom stereocenters. The van der Waals surface area contributed by atoms with Crippen LogP contribution in [0.4, 0.5) is 8.78 Å². The second kappa shape index (κ2) is 5.20. The number of carbonyl (C=O) groups is 1. The van der Waals surface area contributed by atoms with Gasteiger partial charge in [-0.25, -0.2) is 8.78 Å². The normalized spacial score (nSPS) is 16.4. The fourth-order valence-corrected chi connectivity index (χ4v) is 1.79. The minimum absolute atomic E-state index is 0.0349. The molecule has 0 saturated heterocycles. The van der Waals surface area contributed by atoms with Gasteiger partial charge in [0.1, 0.15) is 11.6 Å². The first-order valence-corrected chi connectivity index (χ1v) is 5.97. The van der Waals surface area contributed by atoms with Gasteiger partial charge in [0, 0.05) is 6.54 Å². The summed E-state index contributed by atoms with van der Waals surface area (Å²) < 4.78 is 26.5. The van der Waals surface area contributed by atoms with Crippen molar-refractivity contribution in [2.75, 3.05) is 6.54 Å². The lowest BCUT2D eigenvalue weighted by atomic mass is 10.1. The summed E-state index contributed by atoms with van der Waals surface area (Å²) in [6.07, 6.45) is 1.23. The molecule has 0 aliphatic heterocycles. The molecule has 0 heterocycles. The summed E-state index contributed by atoms with van der Waals surface area (Å²) in [4.78, 5) is 11.6. The first-order chi connectivity index (χ1) is 8.49. The van der Waals surface area contributed by atoms with Crippen molar-refractivity contribution in [2.45, 2.75) is 18.9 Å². The molecule has 1 aromatic rings. The topological polar surface area (TPSA) is 49.3 Å². The van der Waals surface area contributed by atoms with Crippen molar-refractivity contribution in [3.8, 4) is 0 Å². The zero-order chi connectivity index (χ0) is 13.3. The van der Waals surface area contributed by atoms with Gasteiger partial charge in [0.2, 0.25) is 0 Å². The third kappa shape index (κ3) is 2.97. The maximum absolute atomic E-state index is 13.4. The molecule has 1 aliphatic rings. The Morgan fingerprint density at radius 3 is 2.72 bits per heavy atom. The molecule has 18 heavy (non-hydrogen) atoms. The van der Waals surface area contributed by atoms with E-state index < -0.39 is 29.2 Å². The molecule has 2 rings (SSSR count). The third-order valence-electron chi connectivity index (χ3n) is 2.89. The SMILES string of the molecule is O=C(NCC(O)C1CC1)c1cc(F)c(Cl)cc1F. The fraction of sp³-hybridized carbons (Fsp3) is 0.417. The fourth-order valence-electron chi connectivity index (χ4n) is 1.64. The molecule has 1 amide bonds. The highest BCUT2D eigenvalue weighted by Crippen LogP contribution is 2.32. The number of halogens is 3. The second-order valence-electron chi connectivity index (χ2n) is 4.36. The van der Waals surface area contributed by atoms with E-state index >= 15 is 0 Å². The van der Waals surface area contributed by atoms with Crippen LogP contribution >= 0.6 is 11.6 Å². The minimum Gasteiger partial charge on any atom is -0.391 e. The maximum atomic E-state index is 13.4. The van der Waals surface area contributed by atoms with Crippen LogP contribution in [-0.4, -0.2) is 23.7 Å². The van der Waals surface area contributed by atoms with Crippen molar-refractivity contribution in [1.29, 1.82) is 0 Å². The van der Waals surface area contributed by atoms with E-state index in [0.29, 0.717) is 0 Å². The van der Waals surface area contributed by atoms with Gasteiger partial charge in [0.15, 0.2) is 0 Å². The highest BCUT2D eigenvalue weighted by atomic mass is 35.5. The number of nitrogens with one attached hydrogen (secondary N) is 1. The van der Waals surface area contributed by atoms with Crippen molar-refractivity contribution in [3.05, 3.63) is 34.4 Å². The Morgan fingerprint density at radius 2 is 2.11 bits per heavy atom. The van der Waals surface area contributed by atoms with Gasteiger partial charge in [-0.2, -0.15) is 0 Å². The maximum Gasteiger partial charge on any atom is 0.254 e. The van der Waals surface area contributed by atoms with Crippen LogP contribution in [0.15, 0.2) is 12.1 Å². The number of hydrogen-bond donors (Lipinski definition) is 2. The molecule has 0 bridgehead atoms. The Morgan fingerprint density at radius 1 is 1.44 bits per heavy atom. The number of carbonyl (C=O) groups excluding carboxylic acids is 1. The lowest BCUT2D eigenvalue weighted by molar-refractivity contribution is 0.0896. The molecule has 1 aliphatic carbocycles. The molecule has 3 nitrogen and oxygen atoms in total. The Labute approximate surface area is 108 Å². The van der Waals surface area contributed by atoms with E-state index in [4.69, 9.17) is 11.6 Å². The van der Waals surface area contributed by atoms with Crippen LogP contribution in [0.2, 0.25) is 5.02 Å². The van der Waals surface area contributed by atoms with E-state index in [1.165, 1.54) is 0 Å². The van der Waals surface area contributed by atoms with E-state index in [9.17, 15) is 18.7 Å². The molecular formula is C12H12ClF2NO2. The quantitative estimate of drug-likeness (QED) is 0.827. The molecule has 1 saturated carbocycles. The molecule has 98 valence electrons. The van der Waals surface area contributed by atoms with Gasteiger partial charge in [-0.1, -0.05) is 11.6 Å². The minimum atomic E-state index is -0.889. The molecular weight excluding hydrogens is 264 g/mol. The molecule has 1 aromatic carbocycles. The number of aliphatic hydroxyl groups is 1. The van der Waals surface area contributed by atoms with Crippen LogP contribution in [0.3, 0.4) is 0 Å². The van der Waals surface area contributed by atoms with Crippen molar-refractivity contribution >= 4 is 17.5 Å². The van der Waals surface area contributed by atoms with Crippen molar-refractivity contribution < 1.29 is 18.7 Å². The smallest absolute Gasteiger partial charge is 0.254 e. The predicted octanol–water partition coefficient (Wildman–Crippen LogP) is 2.12. The summed E-state index contributed by atoms with van der Waals surface area (Å²) in [6, 6.07) is 1.50. The van der Waals surface area contributed by atoms with Crippen LogP contribution in [-0.2, 0) is 0 Å². The summed E-state index contributed by atoms with van der Waals surface area (Å²) in [5.74, 6) is -2.30. The van der Waals surface area contributed by atoms with Crippen molar-refractivity contribution in [2.24, 2.45) is 5.92 Å². The van der Waals surface area contributed by atoms with E-state index in [1.807, 2.05) is 0 Å². The number of hydrogen-bond acceptors (Lipinski definition) is 2. The Balaban J connectivity index is 2.01. The zero-order valence-corrected chi connectivity index (χ0v) is 10.2. The first kappa shape index (κ1) is 13.2. The van der Waals surface area contributed by atoms with Crippen molar-refractivity contribution in [1.82, 2.24) is 5.32 Å². The van der Waals surface area contributed by atoms with E-state index in [-0.39, 0.29) is 17.5 Å². The van der Waals surface area contributed by atoms with Crippen LogP contribution in [0.5, 0.6) is 0 Å². The van der Waals surface area contributed by atoms with Crippen molar-refractivity contribution in [3.63, 3.8) is 0 Å². The summed E-state index contributed by atoms with van der Waals surface area (Å²) in [5.41, 5.74) is -0.417. The molecule has 6 heteroatoms. The molecule has 0 spiro atoms. The van der Waals surface area contributed by atoms with Gasteiger partial charge in [-0.05, 0) is 30.9 Å². The standard InChI is InChI=1S/C12H12ClF2NO2/c13-8-4-9(14)7(3-10(8)15)12(18)16-5-11(17)6-1-2-6/h3-4,6,11,17H,1-2,5H2,(H,16,18). The Hall–Kier alpha value is -1.20. The summed E-state index contributed by atoms with van der Waals surface area (Å²) in [5, 5.41) is 11.5. The summed E-state index contributed by atoms with van der Waals surface area (Å²) in [7, 11) is 0. The molecule has 0 aromatic heterocycles. The molecule has 2 N–H and O–H groups in total. The zero-order valence-electron chi connectivity index (χ0n) is 9.42. The monoisotopic (exact) mass is 275 g/mol. The number of benzene rings is 1. The summed E-state index contributed by atoms with van der Waals surface area (Å²) in [6.45, 7) is 0.0349. The lowest BCUT2D eigenvalue weighted by Crippen LogP contribution is -2.33. The highest BCUT2D eigenvalue weighted by Gasteiger charge is 2.30. The van der Waals surface area contributed by atoms with Crippen LogP contribution in [0, 0.1) is 17.6 Å². The van der Waals surface area contributed by atoms with E-state index in [2.05, 4.69) is 5.32 Å². The average Bonchev–Trinajstić information content (AvgIpc) is 3.14. The number of aliphatic hydroxyl groups excluding tert-OH is 1. The highest BCUT2D eigenvalue weighted by molar-refractivity contribution is 6.30. The average molecular weight is 276 g/mol. The first-order valence-electron chi connectivity index (χ1n) is 5.60. The molecule has 1 fully saturated rings. The Bertz CT molecular complexity index is 477. The molecule has 0 radical (unpaired) electrons. The van der Waals surface area contributed by atoms with Gasteiger partial charge in [-0.15, -0.1) is 0 Å². The van der Waals surface area contributed by atoms with Gasteiger partial charge < -0.3 is 10.4 Å². The van der Waals surface area contributed by atoms with Gasteiger partial charge in [0.25, 0.3) is 5.91 Å². The van der Waals surface area contributed by atoms with E-state index in [0.717, 1.165) is 25.0 Å². The number of rotatable bonds is 4. The Kier molecular flexibility index (Phi) is 3.82.